The molecule has 0 bridgehead atoms. The minimum atomic E-state index is 0.569. The summed E-state index contributed by atoms with van der Waals surface area (Å²) in [7, 11) is 0. The molecule has 1 aromatic heterocycles. The first kappa shape index (κ1) is 12.5. The first-order valence-corrected chi connectivity index (χ1v) is 7.15. The number of halogens is 1. The molecule has 0 saturated carbocycles. The van der Waals surface area contributed by atoms with Gasteiger partial charge in [-0.3, -0.25) is 0 Å². The van der Waals surface area contributed by atoms with Crippen molar-refractivity contribution >= 4 is 22.6 Å². The van der Waals surface area contributed by atoms with Crippen LogP contribution in [-0.2, 0) is 0 Å². The molecule has 21 heavy (non-hydrogen) atoms. The predicted molar refractivity (Wildman–Crippen MR) is 82.3 cm³/mol. The quantitative estimate of drug-likeness (QED) is 0.740. The standard InChI is InChI=1S/C16H13ClN2O2/c1-9-3-2-4-10(15(9)17)16-18-11-7-13-14(8-12(11)19-16)21-6-5-20-13/h2-4,7-8H,5-6H2,1H3,(H,18,19). The molecule has 0 saturated heterocycles. The van der Waals surface area contributed by atoms with Gasteiger partial charge in [0.15, 0.2) is 11.5 Å². The summed E-state index contributed by atoms with van der Waals surface area (Å²) >= 11 is 6.37. The molecule has 106 valence electrons. The average Bonchev–Trinajstić information content (AvgIpc) is 2.90. The van der Waals surface area contributed by atoms with Crippen LogP contribution in [0.4, 0.5) is 0 Å². The van der Waals surface area contributed by atoms with Crippen molar-refractivity contribution in [2.45, 2.75) is 6.92 Å². The molecular formula is C16H13ClN2O2. The fraction of sp³-hybridized carbons (Fsp3) is 0.188. The Morgan fingerprint density at radius 1 is 1.14 bits per heavy atom. The van der Waals surface area contributed by atoms with Gasteiger partial charge in [0.05, 0.1) is 16.1 Å². The number of aromatic nitrogens is 2. The van der Waals surface area contributed by atoms with Crippen LogP contribution in [0.15, 0.2) is 30.3 Å². The minimum Gasteiger partial charge on any atom is -0.486 e. The lowest BCUT2D eigenvalue weighted by Crippen LogP contribution is -2.15. The Labute approximate surface area is 126 Å². The maximum Gasteiger partial charge on any atom is 0.163 e. The van der Waals surface area contributed by atoms with Gasteiger partial charge >= 0.3 is 0 Å². The lowest BCUT2D eigenvalue weighted by molar-refractivity contribution is 0.172. The molecule has 0 fully saturated rings. The maximum atomic E-state index is 6.37. The third kappa shape index (κ3) is 2.03. The van der Waals surface area contributed by atoms with Gasteiger partial charge in [0.2, 0.25) is 0 Å². The van der Waals surface area contributed by atoms with Crippen molar-refractivity contribution in [3.8, 4) is 22.9 Å². The van der Waals surface area contributed by atoms with Crippen molar-refractivity contribution in [3.05, 3.63) is 40.9 Å². The van der Waals surface area contributed by atoms with E-state index in [4.69, 9.17) is 21.1 Å². The van der Waals surface area contributed by atoms with E-state index in [9.17, 15) is 0 Å². The highest BCUT2D eigenvalue weighted by Crippen LogP contribution is 2.36. The van der Waals surface area contributed by atoms with Crippen LogP contribution >= 0.6 is 11.6 Å². The molecule has 1 N–H and O–H groups in total. The van der Waals surface area contributed by atoms with E-state index < -0.39 is 0 Å². The minimum absolute atomic E-state index is 0.569. The van der Waals surface area contributed by atoms with E-state index in [0.29, 0.717) is 18.2 Å². The summed E-state index contributed by atoms with van der Waals surface area (Å²) in [5, 5.41) is 0.716. The summed E-state index contributed by atoms with van der Waals surface area (Å²) in [6, 6.07) is 9.73. The molecule has 4 rings (SSSR count). The van der Waals surface area contributed by atoms with E-state index in [-0.39, 0.29) is 0 Å². The number of hydrogen-bond donors (Lipinski definition) is 1. The zero-order valence-electron chi connectivity index (χ0n) is 11.4. The van der Waals surface area contributed by atoms with Crippen molar-refractivity contribution in [1.29, 1.82) is 0 Å². The van der Waals surface area contributed by atoms with Crippen LogP contribution in [0.5, 0.6) is 11.5 Å². The second kappa shape index (κ2) is 4.67. The Bertz CT molecular complexity index is 799. The molecular weight excluding hydrogens is 288 g/mol. The van der Waals surface area contributed by atoms with Gasteiger partial charge in [-0.25, -0.2) is 4.98 Å². The molecule has 3 aromatic rings. The van der Waals surface area contributed by atoms with Gasteiger partial charge in [-0.15, -0.1) is 0 Å². The Kier molecular flexibility index (Phi) is 2.79. The normalized spacial score (nSPS) is 13.6. The van der Waals surface area contributed by atoms with Crippen LogP contribution in [0.25, 0.3) is 22.4 Å². The Morgan fingerprint density at radius 3 is 2.71 bits per heavy atom. The highest BCUT2D eigenvalue weighted by Gasteiger charge is 2.16. The molecule has 1 aliphatic rings. The van der Waals surface area contributed by atoms with Crippen LogP contribution in [0.2, 0.25) is 5.02 Å². The van der Waals surface area contributed by atoms with Crippen molar-refractivity contribution in [2.24, 2.45) is 0 Å². The number of H-pyrrole nitrogens is 1. The van der Waals surface area contributed by atoms with Gasteiger partial charge < -0.3 is 14.5 Å². The molecule has 0 amide bonds. The SMILES string of the molecule is Cc1cccc(-c2nc3cc4c(cc3[nH]2)OCCO4)c1Cl. The van der Waals surface area contributed by atoms with Gasteiger partial charge in [-0.05, 0) is 18.6 Å². The molecule has 0 spiro atoms. The molecule has 0 aliphatic carbocycles. The number of nitrogens with zero attached hydrogens (tertiary/aromatic N) is 1. The summed E-state index contributed by atoms with van der Waals surface area (Å²) < 4.78 is 11.2. The number of rotatable bonds is 1. The molecule has 2 aromatic carbocycles. The van der Waals surface area contributed by atoms with Crippen LogP contribution < -0.4 is 9.47 Å². The van der Waals surface area contributed by atoms with Crippen molar-refractivity contribution in [2.75, 3.05) is 13.2 Å². The second-order valence-electron chi connectivity index (χ2n) is 5.03. The van der Waals surface area contributed by atoms with Crippen molar-refractivity contribution < 1.29 is 9.47 Å². The molecule has 5 heteroatoms. The first-order valence-electron chi connectivity index (χ1n) is 6.77. The fourth-order valence-electron chi connectivity index (χ4n) is 2.50. The van der Waals surface area contributed by atoms with Gasteiger partial charge in [-0.1, -0.05) is 23.7 Å². The highest BCUT2D eigenvalue weighted by atomic mass is 35.5. The monoisotopic (exact) mass is 300 g/mol. The number of aryl methyl sites for hydroxylation is 1. The van der Waals surface area contributed by atoms with E-state index >= 15 is 0 Å². The highest BCUT2D eigenvalue weighted by molar-refractivity contribution is 6.34. The summed E-state index contributed by atoms with van der Waals surface area (Å²) in [6.07, 6.45) is 0. The molecule has 0 unspecified atom stereocenters. The predicted octanol–water partition coefficient (Wildman–Crippen LogP) is 3.96. The van der Waals surface area contributed by atoms with Crippen LogP contribution in [0.1, 0.15) is 5.56 Å². The zero-order valence-corrected chi connectivity index (χ0v) is 12.2. The van der Waals surface area contributed by atoms with Crippen LogP contribution in [0, 0.1) is 6.92 Å². The number of benzene rings is 2. The Balaban J connectivity index is 1.89. The lowest BCUT2D eigenvalue weighted by Gasteiger charge is -2.17. The van der Waals surface area contributed by atoms with Crippen LogP contribution in [-0.4, -0.2) is 23.2 Å². The van der Waals surface area contributed by atoms with Gasteiger partial charge in [0.25, 0.3) is 0 Å². The van der Waals surface area contributed by atoms with Gasteiger partial charge in [-0.2, -0.15) is 0 Å². The number of ether oxygens (including phenoxy) is 2. The van der Waals surface area contributed by atoms with E-state index in [1.165, 1.54) is 0 Å². The van der Waals surface area contributed by atoms with E-state index in [1.54, 1.807) is 0 Å². The number of fused-ring (bicyclic) bond motifs is 2. The van der Waals surface area contributed by atoms with Crippen molar-refractivity contribution in [1.82, 2.24) is 9.97 Å². The summed E-state index contributed by atoms with van der Waals surface area (Å²) in [4.78, 5) is 7.92. The molecule has 0 atom stereocenters. The number of hydrogen-bond acceptors (Lipinski definition) is 3. The number of imidazole rings is 1. The molecule has 2 heterocycles. The largest absolute Gasteiger partial charge is 0.486 e. The van der Waals surface area contributed by atoms with E-state index in [1.807, 2.05) is 37.3 Å². The van der Waals surface area contributed by atoms with Gasteiger partial charge in [0.1, 0.15) is 19.0 Å². The summed E-state index contributed by atoms with van der Waals surface area (Å²) in [5.41, 5.74) is 3.67. The first-order chi connectivity index (χ1) is 10.2. The topological polar surface area (TPSA) is 47.1 Å². The maximum absolute atomic E-state index is 6.37. The molecule has 4 nitrogen and oxygen atoms in total. The smallest absolute Gasteiger partial charge is 0.163 e. The second-order valence-corrected chi connectivity index (χ2v) is 5.41. The Hall–Kier alpha value is -2.20. The third-order valence-electron chi connectivity index (χ3n) is 3.59. The summed E-state index contributed by atoms with van der Waals surface area (Å²) in [6.45, 7) is 3.12. The van der Waals surface area contributed by atoms with E-state index in [0.717, 1.165) is 39.5 Å². The van der Waals surface area contributed by atoms with Crippen LogP contribution in [0.3, 0.4) is 0 Å². The average molecular weight is 301 g/mol. The lowest BCUT2D eigenvalue weighted by atomic mass is 10.1. The molecule has 1 aliphatic heterocycles. The van der Waals surface area contributed by atoms with Crippen molar-refractivity contribution in [3.63, 3.8) is 0 Å². The number of nitrogens with one attached hydrogen (secondary N) is 1. The molecule has 0 radical (unpaired) electrons. The van der Waals surface area contributed by atoms with Gasteiger partial charge in [0, 0.05) is 17.7 Å². The van der Waals surface area contributed by atoms with E-state index in [2.05, 4.69) is 9.97 Å². The summed E-state index contributed by atoms with van der Waals surface area (Å²) in [5.74, 6) is 2.24. The Morgan fingerprint density at radius 2 is 1.90 bits per heavy atom. The third-order valence-corrected chi connectivity index (χ3v) is 4.09. The number of aromatic amines is 1. The fourth-order valence-corrected chi connectivity index (χ4v) is 2.72. The zero-order chi connectivity index (χ0) is 14.4.